The van der Waals surface area contributed by atoms with Crippen LogP contribution in [0.5, 0.6) is 5.75 Å². The van der Waals surface area contributed by atoms with Gasteiger partial charge in [0, 0.05) is 28.0 Å². The van der Waals surface area contributed by atoms with E-state index in [0.717, 1.165) is 33.2 Å². The van der Waals surface area contributed by atoms with Crippen molar-refractivity contribution in [2.24, 2.45) is 0 Å². The molecule has 0 unspecified atom stereocenters. The van der Waals surface area contributed by atoms with Gasteiger partial charge in [-0.2, -0.15) is 0 Å². The van der Waals surface area contributed by atoms with E-state index >= 15 is 0 Å². The molecule has 7 nitrogen and oxygen atoms in total. The molecule has 3 aromatic carbocycles. The van der Waals surface area contributed by atoms with Crippen LogP contribution in [0.2, 0.25) is 0 Å². The number of pyridine rings is 1. The first-order chi connectivity index (χ1) is 15.5. The van der Waals surface area contributed by atoms with Crippen molar-refractivity contribution < 1.29 is 13.2 Å². The SMILES string of the molecule is COc1cccc2c(Nc3ccc(S(=O)(=O)Nc4nccs4)cc3)c3ccccc3nc12. The van der Waals surface area contributed by atoms with E-state index in [2.05, 4.69) is 15.0 Å². The first-order valence-corrected chi connectivity index (χ1v) is 12.1. The monoisotopic (exact) mass is 462 g/mol. The van der Waals surface area contributed by atoms with Crippen LogP contribution < -0.4 is 14.8 Å². The maximum atomic E-state index is 12.6. The standard InChI is InChI=1S/C23H18N4O3S2/c1-30-20-8-4-6-18-21(17-5-2-3-7-19(17)26-22(18)20)25-15-9-11-16(12-10-15)32(28,29)27-23-24-13-14-31-23/h2-14H,1H3,(H,24,27)(H,25,26). The molecule has 0 aliphatic rings. The van der Waals surface area contributed by atoms with E-state index in [1.807, 2.05) is 42.5 Å². The molecule has 0 radical (unpaired) electrons. The van der Waals surface area contributed by atoms with Crippen LogP contribution in [-0.2, 0) is 10.0 Å². The number of nitrogens with one attached hydrogen (secondary N) is 2. The number of methoxy groups -OCH3 is 1. The van der Waals surface area contributed by atoms with E-state index in [4.69, 9.17) is 9.72 Å². The van der Waals surface area contributed by atoms with Crippen molar-refractivity contribution in [2.75, 3.05) is 17.1 Å². The van der Waals surface area contributed by atoms with Crippen LogP contribution in [0.3, 0.4) is 0 Å². The molecule has 160 valence electrons. The first-order valence-electron chi connectivity index (χ1n) is 9.70. The molecule has 0 saturated heterocycles. The van der Waals surface area contributed by atoms with Crippen LogP contribution in [0, 0.1) is 0 Å². The van der Waals surface area contributed by atoms with Crippen LogP contribution in [0.4, 0.5) is 16.5 Å². The lowest BCUT2D eigenvalue weighted by Gasteiger charge is -2.15. The summed E-state index contributed by atoms with van der Waals surface area (Å²) in [5.74, 6) is 0.686. The molecular weight excluding hydrogens is 444 g/mol. The number of thiazole rings is 1. The quantitative estimate of drug-likeness (QED) is 0.328. The van der Waals surface area contributed by atoms with Gasteiger partial charge in [0.2, 0.25) is 0 Å². The topological polar surface area (TPSA) is 93.2 Å². The summed E-state index contributed by atoms with van der Waals surface area (Å²) in [6.45, 7) is 0. The summed E-state index contributed by atoms with van der Waals surface area (Å²) in [4.78, 5) is 8.90. The predicted molar refractivity (Wildman–Crippen MR) is 128 cm³/mol. The summed E-state index contributed by atoms with van der Waals surface area (Å²) in [5.41, 5.74) is 3.21. The van der Waals surface area contributed by atoms with Crippen molar-refractivity contribution >= 4 is 59.7 Å². The van der Waals surface area contributed by atoms with Crippen molar-refractivity contribution in [3.8, 4) is 5.75 Å². The van der Waals surface area contributed by atoms with Crippen molar-refractivity contribution in [2.45, 2.75) is 4.90 Å². The third-order valence-electron chi connectivity index (χ3n) is 4.98. The Morgan fingerprint density at radius 2 is 1.72 bits per heavy atom. The predicted octanol–water partition coefficient (Wildman–Crippen LogP) is 5.40. The number of hydrogen-bond acceptors (Lipinski definition) is 7. The van der Waals surface area contributed by atoms with Gasteiger partial charge in [0.15, 0.2) is 5.13 Å². The number of rotatable bonds is 6. The van der Waals surface area contributed by atoms with Crippen molar-refractivity contribution in [3.63, 3.8) is 0 Å². The lowest BCUT2D eigenvalue weighted by atomic mass is 10.1. The minimum atomic E-state index is -3.71. The Morgan fingerprint density at radius 1 is 0.938 bits per heavy atom. The van der Waals surface area contributed by atoms with Crippen LogP contribution in [0.1, 0.15) is 0 Å². The Morgan fingerprint density at radius 3 is 2.47 bits per heavy atom. The molecule has 32 heavy (non-hydrogen) atoms. The largest absolute Gasteiger partial charge is 0.494 e. The second kappa shape index (κ2) is 8.10. The summed E-state index contributed by atoms with van der Waals surface area (Å²) >= 11 is 1.22. The number of hydrogen-bond donors (Lipinski definition) is 2. The Balaban J connectivity index is 1.54. The van der Waals surface area contributed by atoms with Crippen molar-refractivity contribution in [1.82, 2.24) is 9.97 Å². The molecule has 0 saturated carbocycles. The summed E-state index contributed by atoms with van der Waals surface area (Å²) < 4.78 is 33.2. The average Bonchev–Trinajstić information content (AvgIpc) is 3.31. The number of fused-ring (bicyclic) bond motifs is 2. The summed E-state index contributed by atoms with van der Waals surface area (Å²) in [6, 6.07) is 20.2. The highest BCUT2D eigenvalue weighted by Crippen LogP contribution is 2.36. The van der Waals surface area contributed by atoms with E-state index < -0.39 is 10.0 Å². The Bertz CT molecular complexity index is 1520. The summed E-state index contributed by atoms with van der Waals surface area (Å²) in [5, 5.41) is 7.35. The molecule has 5 aromatic rings. The third kappa shape index (κ3) is 3.72. The Labute approximate surface area is 188 Å². The number of aromatic nitrogens is 2. The van der Waals surface area contributed by atoms with Crippen LogP contribution >= 0.6 is 11.3 Å². The van der Waals surface area contributed by atoms with Crippen molar-refractivity contribution in [3.05, 3.63) is 78.3 Å². The normalized spacial score (nSPS) is 11.5. The maximum absolute atomic E-state index is 12.6. The highest BCUT2D eigenvalue weighted by molar-refractivity contribution is 7.93. The molecule has 0 amide bonds. The Hall–Kier alpha value is -3.69. The van der Waals surface area contributed by atoms with Gasteiger partial charge in [0.25, 0.3) is 10.0 Å². The number of sulfonamides is 1. The highest BCUT2D eigenvalue weighted by atomic mass is 32.2. The van der Waals surface area contributed by atoms with Gasteiger partial charge in [-0.1, -0.05) is 30.3 Å². The molecule has 0 bridgehead atoms. The summed E-state index contributed by atoms with van der Waals surface area (Å²) in [6.07, 6.45) is 1.55. The smallest absolute Gasteiger partial charge is 0.263 e. The van der Waals surface area contributed by atoms with E-state index in [1.54, 1.807) is 43.0 Å². The fraction of sp³-hybridized carbons (Fsp3) is 0.0435. The number of ether oxygens (including phenoxy) is 1. The summed E-state index contributed by atoms with van der Waals surface area (Å²) in [7, 11) is -2.08. The molecule has 0 spiro atoms. The molecule has 0 fully saturated rings. The fourth-order valence-corrected chi connectivity index (χ4v) is 5.29. The van der Waals surface area contributed by atoms with Crippen LogP contribution in [-0.4, -0.2) is 25.5 Å². The number of benzene rings is 3. The van der Waals surface area contributed by atoms with Crippen molar-refractivity contribution in [1.29, 1.82) is 0 Å². The molecule has 2 heterocycles. The zero-order valence-electron chi connectivity index (χ0n) is 16.9. The van der Waals surface area contributed by atoms with Gasteiger partial charge in [-0.25, -0.2) is 18.4 Å². The highest BCUT2D eigenvalue weighted by Gasteiger charge is 2.16. The molecule has 0 aliphatic carbocycles. The minimum Gasteiger partial charge on any atom is -0.494 e. The molecule has 0 atom stereocenters. The van der Waals surface area contributed by atoms with Crippen LogP contribution in [0.15, 0.2) is 83.2 Å². The molecule has 2 aromatic heterocycles. The van der Waals surface area contributed by atoms with Gasteiger partial charge < -0.3 is 10.1 Å². The van der Waals surface area contributed by atoms with E-state index in [1.165, 1.54) is 11.3 Å². The van der Waals surface area contributed by atoms with E-state index in [0.29, 0.717) is 10.9 Å². The molecule has 5 rings (SSSR count). The van der Waals surface area contributed by atoms with Gasteiger partial charge in [0.05, 0.1) is 23.2 Å². The minimum absolute atomic E-state index is 0.157. The molecular formula is C23H18N4O3S2. The number of nitrogens with zero attached hydrogens (tertiary/aromatic N) is 2. The second-order valence-electron chi connectivity index (χ2n) is 6.95. The lowest BCUT2D eigenvalue weighted by molar-refractivity contribution is 0.419. The lowest BCUT2D eigenvalue weighted by Crippen LogP contribution is -2.12. The van der Waals surface area contributed by atoms with E-state index in [-0.39, 0.29) is 4.90 Å². The fourth-order valence-electron chi connectivity index (χ4n) is 3.50. The molecule has 9 heteroatoms. The van der Waals surface area contributed by atoms with Gasteiger partial charge in [-0.3, -0.25) is 4.72 Å². The molecule has 0 aliphatic heterocycles. The molecule has 2 N–H and O–H groups in total. The van der Waals surface area contributed by atoms with Gasteiger partial charge in [0.1, 0.15) is 11.3 Å². The van der Waals surface area contributed by atoms with Gasteiger partial charge in [-0.05, 0) is 36.4 Å². The van der Waals surface area contributed by atoms with Gasteiger partial charge >= 0.3 is 0 Å². The van der Waals surface area contributed by atoms with Crippen LogP contribution in [0.25, 0.3) is 21.8 Å². The number of para-hydroxylation sites is 2. The second-order valence-corrected chi connectivity index (χ2v) is 9.53. The zero-order valence-corrected chi connectivity index (χ0v) is 18.6. The first kappa shape index (κ1) is 20.2. The maximum Gasteiger partial charge on any atom is 0.263 e. The van der Waals surface area contributed by atoms with Gasteiger partial charge in [-0.15, -0.1) is 11.3 Å². The van der Waals surface area contributed by atoms with E-state index in [9.17, 15) is 8.42 Å². The Kier molecular flexibility index (Phi) is 5.12. The number of anilines is 3. The third-order valence-corrected chi connectivity index (χ3v) is 7.15. The average molecular weight is 463 g/mol. The zero-order chi connectivity index (χ0) is 22.1.